The normalized spacial score (nSPS) is 28.7. The molecule has 4 aliphatic rings. The van der Waals surface area contributed by atoms with Gasteiger partial charge in [-0.15, -0.1) is 0 Å². The van der Waals surface area contributed by atoms with Crippen LogP contribution in [0.1, 0.15) is 37.3 Å². The molecule has 4 fully saturated rings. The molecule has 2 aromatic rings. The highest BCUT2D eigenvalue weighted by atomic mass is 16.3. The molecule has 0 spiro atoms. The molecule has 6 rings (SSSR count). The molecule has 4 heterocycles. The van der Waals surface area contributed by atoms with Gasteiger partial charge in [-0.3, -0.25) is 5.10 Å². The van der Waals surface area contributed by atoms with Gasteiger partial charge in [0, 0.05) is 41.9 Å². The molecule has 2 saturated heterocycles. The number of aliphatic hydroxyl groups excluding tert-OH is 1. The number of hydrogen-bond acceptors (Lipinski definition) is 6. The molecule has 0 radical (unpaired) electrons. The molecule has 0 aromatic carbocycles. The van der Waals surface area contributed by atoms with Gasteiger partial charge in [-0.05, 0) is 31.7 Å². The summed E-state index contributed by atoms with van der Waals surface area (Å²) in [7, 11) is 0. The molecule has 7 heteroatoms. The van der Waals surface area contributed by atoms with Crippen molar-refractivity contribution < 1.29 is 5.11 Å². The Kier molecular flexibility index (Phi) is 2.70. The van der Waals surface area contributed by atoms with Crippen LogP contribution < -0.4 is 10.2 Å². The minimum Gasteiger partial charge on any atom is -0.396 e. The maximum atomic E-state index is 9.54. The van der Waals surface area contributed by atoms with Gasteiger partial charge in [-0.25, -0.2) is 4.98 Å². The molecule has 2 saturated carbocycles. The number of aromatic nitrogens is 4. The van der Waals surface area contributed by atoms with Crippen LogP contribution in [0.3, 0.4) is 0 Å². The lowest BCUT2D eigenvalue weighted by Crippen LogP contribution is -2.37. The predicted molar refractivity (Wildman–Crippen MR) is 85.8 cm³/mol. The number of hydrogen-bond donors (Lipinski definition) is 3. The number of aliphatic hydroxyl groups is 1. The molecular weight excluding hydrogens is 292 g/mol. The van der Waals surface area contributed by atoms with E-state index in [0.717, 1.165) is 37.0 Å². The van der Waals surface area contributed by atoms with Gasteiger partial charge in [-0.1, -0.05) is 0 Å². The van der Waals surface area contributed by atoms with Crippen molar-refractivity contribution >= 4 is 17.6 Å². The molecule has 2 aromatic heterocycles. The Balaban J connectivity index is 1.34. The number of H-pyrrole nitrogens is 1. The lowest BCUT2D eigenvalue weighted by Gasteiger charge is -2.34. The Morgan fingerprint density at radius 2 is 2.22 bits per heavy atom. The summed E-state index contributed by atoms with van der Waals surface area (Å²) < 4.78 is 0. The van der Waals surface area contributed by atoms with Crippen LogP contribution in [0.4, 0.5) is 17.6 Å². The SMILES string of the molecule is OCC12CC(C1)N(c1nccc(Nc3cc(C4CC4)[nH]n3)n1)C2. The topological polar surface area (TPSA) is 90.0 Å². The van der Waals surface area contributed by atoms with Crippen molar-refractivity contribution in [3.8, 4) is 0 Å². The van der Waals surface area contributed by atoms with E-state index >= 15 is 0 Å². The lowest BCUT2D eigenvalue weighted by molar-refractivity contribution is 0.0873. The van der Waals surface area contributed by atoms with E-state index in [-0.39, 0.29) is 12.0 Å². The van der Waals surface area contributed by atoms with Crippen LogP contribution in [0.5, 0.6) is 0 Å². The summed E-state index contributed by atoms with van der Waals surface area (Å²) in [6.45, 7) is 1.11. The number of rotatable bonds is 5. The standard InChI is InChI=1S/C16H20N6O/c23-9-16-6-11(7-16)22(8-16)15-17-4-3-13(19-15)18-14-5-12(20-21-14)10-1-2-10/h3-5,10-11,23H,1-2,6-9H2,(H2,17,18,19,20,21). The number of anilines is 3. The van der Waals surface area contributed by atoms with E-state index in [1.807, 2.05) is 6.07 Å². The summed E-state index contributed by atoms with van der Waals surface area (Å²) in [5, 5.41) is 20.2. The van der Waals surface area contributed by atoms with E-state index in [1.54, 1.807) is 6.20 Å². The predicted octanol–water partition coefficient (Wildman–Crippen LogP) is 1.78. The highest BCUT2D eigenvalue weighted by Crippen LogP contribution is 2.52. The van der Waals surface area contributed by atoms with E-state index in [1.165, 1.54) is 18.5 Å². The number of aromatic amines is 1. The maximum absolute atomic E-state index is 9.54. The third-order valence-corrected chi connectivity index (χ3v) is 5.39. The highest BCUT2D eigenvalue weighted by Gasteiger charge is 2.55. The van der Waals surface area contributed by atoms with Crippen molar-refractivity contribution in [2.75, 3.05) is 23.4 Å². The Bertz CT molecular complexity index is 734. The van der Waals surface area contributed by atoms with Crippen molar-refractivity contribution in [2.45, 2.75) is 37.6 Å². The average Bonchev–Trinajstić information content (AvgIpc) is 3.02. The van der Waals surface area contributed by atoms with Gasteiger partial charge in [0.15, 0.2) is 5.82 Å². The summed E-state index contributed by atoms with van der Waals surface area (Å²) in [6.07, 6.45) is 6.38. The van der Waals surface area contributed by atoms with Crippen molar-refractivity contribution in [3.63, 3.8) is 0 Å². The fraction of sp³-hybridized carbons (Fsp3) is 0.562. The van der Waals surface area contributed by atoms with Gasteiger partial charge in [0.25, 0.3) is 0 Å². The van der Waals surface area contributed by atoms with Gasteiger partial charge < -0.3 is 15.3 Å². The van der Waals surface area contributed by atoms with Crippen molar-refractivity contribution in [1.82, 2.24) is 20.2 Å². The maximum Gasteiger partial charge on any atom is 0.227 e. The zero-order valence-electron chi connectivity index (χ0n) is 12.9. The van der Waals surface area contributed by atoms with Crippen LogP contribution >= 0.6 is 0 Å². The highest BCUT2D eigenvalue weighted by molar-refractivity contribution is 5.54. The van der Waals surface area contributed by atoms with Crippen molar-refractivity contribution in [1.29, 1.82) is 0 Å². The van der Waals surface area contributed by atoms with E-state index < -0.39 is 0 Å². The smallest absolute Gasteiger partial charge is 0.227 e. The molecule has 2 aliphatic heterocycles. The summed E-state index contributed by atoms with van der Waals surface area (Å²) in [4.78, 5) is 11.3. The molecule has 2 aliphatic carbocycles. The van der Waals surface area contributed by atoms with Crippen molar-refractivity contribution in [3.05, 3.63) is 24.0 Å². The van der Waals surface area contributed by atoms with Crippen molar-refractivity contribution in [2.24, 2.45) is 5.41 Å². The largest absolute Gasteiger partial charge is 0.396 e. The minimum absolute atomic E-state index is 0.0822. The number of nitrogens with one attached hydrogen (secondary N) is 2. The second kappa shape index (κ2) is 4.67. The molecular formula is C16H20N6O. The Hall–Kier alpha value is -2.15. The fourth-order valence-corrected chi connectivity index (χ4v) is 3.88. The first-order chi connectivity index (χ1) is 11.2. The van der Waals surface area contributed by atoms with Gasteiger partial charge >= 0.3 is 0 Å². The molecule has 3 N–H and O–H groups in total. The summed E-state index contributed by atoms with van der Waals surface area (Å²) >= 11 is 0. The Labute approximate surface area is 134 Å². The van der Waals surface area contributed by atoms with Crippen LogP contribution in [-0.2, 0) is 0 Å². The molecule has 120 valence electrons. The quantitative estimate of drug-likeness (QED) is 0.780. The summed E-state index contributed by atoms with van der Waals surface area (Å²) in [6, 6.07) is 4.40. The zero-order chi connectivity index (χ0) is 15.4. The first kappa shape index (κ1) is 13.3. The van der Waals surface area contributed by atoms with E-state index in [9.17, 15) is 5.11 Å². The minimum atomic E-state index is 0.0822. The Morgan fingerprint density at radius 1 is 1.35 bits per heavy atom. The second-order valence-electron chi connectivity index (χ2n) is 7.20. The first-order valence-corrected chi connectivity index (χ1v) is 8.28. The summed E-state index contributed by atoms with van der Waals surface area (Å²) in [5.74, 6) is 2.95. The monoisotopic (exact) mass is 312 g/mol. The van der Waals surface area contributed by atoms with Gasteiger partial charge in [0.05, 0.1) is 6.61 Å². The van der Waals surface area contributed by atoms with Crippen LogP contribution in [0.2, 0.25) is 0 Å². The van der Waals surface area contributed by atoms with E-state index in [0.29, 0.717) is 12.0 Å². The van der Waals surface area contributed by atoms with Crippen LogP contribution in [0.25, 0.3) is 0 Å². The van der Waals surface area contributed by atoms with E-state index in [4.69, 9.17) is 0 Å². The summed E-state index contributed by atoms with van der Waals surface area (Å²) in [5.41, 5.74) is 1.28. The number of nitrogens with zero attached hydrogens (tertiary/aromatic N) is 4. The molecule has 7 nitrogen and oxygen atoms in total. The molecule has 0 atom stereocenters. The van der Waals surface area contributed by atoms with E-state index in [2.05, 4.69) is 36.4 Å². The second-order valence-corrected chi connectivity index (χ2v) is 7.20. The van der Waals surface area contributed by atoms with Crippen LogP contribution in [-0.4, -0.2) is 44.5 Å². The molecule has 0 amide bonds. The molecule has 0 unspecified atom stereocenters. The van der Waals surface area contributed by atoms with Gasteiger partial charge in [0.1, 0.15) is 5.82 Å². The zero-order valence-corrected chi connectivity index (χ0v) is 12.9. The van der Waals surface area contributed by atoms with Gasteiger partial charge in [-0.2, -0.15) is 10.1 Å². The first-order valence-electron chi connectivity index (χ1n) is 8.28. The third kappa shape index (κ3) is 2.18. The molecule has 2 bridgehead atoms. The van der Waals surface area contributed by atoms with Crippen LogP contribution in [0.15, 0.2) is 18.3 Å². The molecule has 23 heavy (non-hydrogen) atoms. The Morgan fingerprint density at radius 3 is 2.96 bits per heavy atom. The van der Waals surface area contributed by atoms with Crippen LogP contribution in [0, 0.1) is 5.41 Å². The third-order valence-electron chi connectivity index (χ3n) is 5.39. The van der Waals surface area contributed by atoms with Gasteiger partial charge in [0.2, 0.25) is 5.95 Å². The fourth-order valence-electron chi connectivity index (χ4n) is 3.88. The lowest BCUT2D eigenvalue weighted by atomic mass is 9.71. The number of fused-ring (bicyclic) bond motifs is 1. The average molecular weight is 312 g/mol.